The van der Waals surface area contributed by atoms with E-state index < -0.39 is 17.7 Å². The van der Waals surface area contributed by atoms with Gasteiger partial charge in [0.2, 0.25) is 0 Å². The number of aryl methyl sites for hydroxylation is 1. The van der Waals surface area contributed by atoms with E-state index in [1.807, 2.05) is 6.92 Å². The lowest BCUT2D eigenvalue weighted by Gasteiger charge is -2.14. The average molecular weight is 264 g/mol. The number of aromatic nitrogens is 2. The summed E-state index contributed by atoms with van der Waals surface area (Å²) in [4.78, 5) is 8.30. The van der Waals surface area contributed by atoms with E-state index in [2.05, 4.69) is 15.4 Å². The van der Waals surface area contributed by atoms with Gasteiger partial charge in [0.15, 0.2) is 0 Å². The van der Waals surface area contributed by atoms with E-state index in [9.17, 15) is 8.78 Å². The molecule has 1 heterocycles. The van der Waals surface area contributed by atoms with Gasteiger partial charge in [0, 0.05) is 18.5 Å². The van der Waals surface area contributed by atoms with Crippen molar-refractivity contribution in [1.82, 2.24) is 15.4 Å². The Kier molecular flexibility index (Phi) is 4.13. The predicted octanol–water partition coefficient (Wildman–Crippen LogP) is 1.81. The minimum atomic E-state index is -0.615. The minimum absolute atomic E-state index is 0.300. The van der Waals surface area contributed by atoms with E-state index in [0.29, 0.717) is 17.8 Å². The van der Waals surface area contributed by atoms with Crippen LogP contribution in [0.5, 0.6) is 0 Å². The van der Waals surface area contributed by atoms with Gasteiger partial charge in [-0.3, -0.25) is 5.84 Å². The van der Waals surface area contributed by atoms with Gasteiger partial charge in [-0.2, -0.15) is 0 Å². The summed E-state index contributed by atoms with van der Waals surface area (Å²) in [7, 11) is 0. The smallest absolute Gasteiger partial charge is 0.146 e. The number of hydrogen-bond donors (Lipinski definition) is 2. The summed E-state index contributed by atoms with van der Waals surface area (Å²) >= 11 is 0. The van der Waals surface area contributed by atoms with Crippen LogP contribution in [0.25, 0.3) is 0 Å². The third-order valence-electron chi connectivity index (χ3n) is 2.68. The van der Waals surface area contributed by atoms with Crippen molar-refractivity contribution in [3.63, 3.8) is 0 Å². The van der Waals surface area contributed by atoms with Crippen LogP contribution in [0.4, 0.5) is 8.78 Å². The van der Waals surface area contributed by atoms with Crippen LogP contribution in [0.15, 0.2) is 30.6 Å². The van der Waals surface area contributed by atoms with Gasteiger partial charge in [-0.25, -0.2) is 24.2 Å². The first-order valence-electron chi connectivity index (χ1n) is 5.78. The Hall–Kier alpha value is -1.92. The molecule has 0 saturated carbocycles. The number of hydrazine groups is 1. The molecule has 0 saturated heterocycles. The molecule has 0 aliphatic heterocycles. The molecule has 1 aromatic heterocycles. The molecular weight excluding hydrogens is 250 g/mol. The topological polar surface area (TPSA) is 63.8 Å². The molecule has 2 rings (SSSR count). The van der Waals surface area contributed by atoms with Gasteiger partial charge in [0.1, 0.15) is 17.5 Å². The van der Waals surface area contributed by atoms with Crippen LogP contribution in [0, 0.1) is 18.6 Å². The Balaban J connectivity index is 2.21. The Morgan fingerprint density at radius 1 is 1.16 bits per heavy atom. The number of nitrogens with one attached hydrogen (secondary N) is 1. The summed E-state index contributed by atoms with van der Waals surface area (Å²) in [6, 6.07) is 2.96. The van der Waals surface area contributed by atoms with Crippen LogP contribution >= 0.6 is 0 Å². The molecule has 1 unspecified atom stereocenters. The lowest BCUT2D eigenvalue weighted by atomic mass is 10.1. The molecule has 19 heavy (non-hydrogen) atoms. The van der Waals surface area contributed by atoms with Crippen molar-refractivity contribution in [1.29, 1.82) is 0 Å². The fourth-order valence-corrected chi connectivity index (χ4v) is 1.77. The van der Waals surface area contributed by atoms with Crippen LogP contribution in [0.1, 0.15) is 23.0 Å². The second kappa shape index (κ2) is 5.81. The van der Waals surface area contributed by atoms with Crippen LogP contribution < -0.4 is 11.3 Å². The number of halogens is 2. The Bertz CT molecular complexity index is 537. The summed E-state index contributed by atoms with van der Waals surface area (Å²) in [6.07, 6.45) is 3.63. The minimum Gasteiger partial charge on any atom is -0.271 e. The van der Waals surface area contributed by atoms with E-state index in [0.717, 1.165) is 11.6 Å². The highest BCUT2D eigenvalue weighted by atomic mass is 19.1. The molecule has 0 fully saturated rings. The zero-order chi connectivity index (χ0) is 13.8. The van der Waals surface area contributed by atoms with E-state index >= 15 is 0 Å². The molecule has 2 aromatic rings. The quantitative estimate of drug-likeness (QED) is 0.653. The molecule has 100 valence electrons. The normalized spacial score (nSPS) is 12.4. The standard InChI is InChI=1S/C13H14F2N4/c1-8-6-17-13(18-7-8)12(19-16)4-9-2-10(14)5-11(15)3-9/h2-3,5-7,12,19H,4,16H2,1H3. The van der Waals surface area contributed by atoms with Gasteiger partial charge < -0.3 is 0 Å². The molecule has 0 aliphatic carbocycles. The van der Waals surface area contributed by atoms with Crippen molar-refractivity contribution in [2.24, 2.45) is 5.84 Å². The summed E-state index contributed by atoms with van der Waals surface area (Å²) in [5.41, 5.74) is 3.97. The first-order valence-corrected chi connectivity index (χ1v) is 5.78. The summed E-state index contributed by atoms with van der Waals surface area (Å²) in [5.74, 6) is 4.70. The van der Waals surface area contributed by atoms with Crippen molar-refractivity contribution in [2.75, 3.05) is 0 Å². The molecule has 1 atom stereocenters. The molecular formula is C13H14F2N4. The van der Waals surface area contributed by atoms with Gasteiger partial charge in [0.05, 0.1) is 6.04 Å². The molecule has 0 amide bonds. The maximum Gasteiger partial charge on any atom is 0.146 e. The van der Waals surface area contributed by atoms with Crippen LogP contribution in [0.3, 0.4) is 0 Å². The number of nitrogens with zero attached hydrogens (tertiary/aromatic N) is 2. The van der Waals surface area contributed by atoms with Crippen LogP contribution in [0.2, 0.25) is 0 Å². The molecule has 1 aromatic carbocycles. The molecule has 0 aliphatic rings. The zero-order valence-corrected chi connectivity index (χ0v) is 10.4. The first-order chi connectivity index (χ1) is 9.08. The number of benzene rings is 1. The third kappa shape index (κ3) is 3.52. The molecule has 6 heteroatoms. The summed E-state index contributed by atoms with van der Waals surface area (Å²) in [6.45, 7) is 1.87. The number of nitrogens with two attached hydrogens (primary N) is 1. The maximum atomic E-state index is 13.1. The lowest BCUT2D eigenvalue weighted by molar-refractivity contribution is 0.515. The second-order valence-corrected chi connectivity index (χ2v) is 4.32. The summed E-state index contributed by atoms with van der Waals surface area (Å²) in [5, 5.41) is 0. The molecule has 0 spiro atoms. The Labute approximate surface area is 109 Å². The van der Waals surface area contributed by atoms with E-state index in [4.69, 9.17) is 5.84 Å². The van der Waals surface area contributed by atoms with Crippen molar-refractivity contribution < 1.29 is 8.78 Å². The average Bonchev–Trinajstić information content (AvgIpc) is 2.36. The molecule has 3 N–H and O–H groups in total. The SMILES string of the molecule is Cc1cnc(C(Cc2cc(F)cc(F)c2)NN)nc1. The highest BCUT2D eigenvalue weighted by molar-refractivity contribution is 5.20. The van der Waals surface area contributed by atoms with Crippen LogP contribution in [-0.2, 0) is 6.42 Å². The fourth-order valence-electron chi connectivity index (χ4n) is 1.77. The predicted molar refractivity (Wildman–Crippen MR) is 66.9 cm³/mol. The highest BCUT2D eigenvalue weighted by Gasteiger charge is 2.14. The van der Waals surface area contributed by atoms with E-state index in [1.165, 1.54) is 12.1 Å². The lowest BCUT2D eigenvalue weighted by Crippen LogP contribution is -2.31. The van der Waals surface area contributed by atoms with Crippen molar-refractivity contribution in [3.8, 4) is 0 Å². The van der Waals surface area contributed by atoms with Gasteiger partial charge in [-0.15, -0.1) is 0 Å². The number of rotatable bonds is 4. The van der Waals surface area contributed by atoms with Gasteiger partial charge >= 0.3 is 0 Å². The number of hydrogen-bond acceptors (Lipinski definition) is 4. The van der Waals surface area contributed by atoms with E-state index in [-0.39, 0.29) is 0 Å². The van der Waals surface area contributed by atoms with E-state index in [1.54, 1.807) is 12.4 Å². The van der Waals surface area contributed by atoms with Gasteiger partial charge in [-0.05, 0) is 36.6 Å². The maximum absolute atomic E-state index is 13.1. The molecule has 4 nitrogen and oxygen atoms in total. The Morgan fingerprint density at radius 3 is 2.26 bits per heavy atom. The zero-order valence-electron chi connectivity index (χ0n) is 10.4. The monoisotopic (exact) mass is 264 g/mol. The van der Waals surface area contributed by atoms with Crippen molar-refractivity contribution in [3.05, 3.63) is 59.2 Å². The Morgan fingerprint density at radius 2 is 1.74 bits per heavy atom. The highest BCUT2D eigenvalue weighted by Crippen LogP contribution is 2.16. The second-order valence-electron chi connectivity index (χ2n) is 4.32. The summed E-state index contributed by atoms with van der Waals surface area (Å²) < 4.78 is 26.2. The fraction of sp³-hybridized carbons (Fsp3) is 0.231. The van der Waals surface area contributed by atoms with Crippen molar-refractivity contribution in [2.45, 2.75) is 19.4 Å². The van der Waals surface area contributed by atoms with Crippen molar-refractivity contribution >= 4 is 0 Å². The molecule has 0 radical (unpaired) electrons. The van der Waals surface area contributed by atoms with Gasteiger partial charge in [0.25, 0.3) is 0 Å². The van der Waals surface area contributed by atoms with Gasteiger partial charge in [-0.1, -0.05) is 0 Å². The first kappa shape index (κ1) is 13.5. The largest absolute Gasteiger partial charge is 0.271 e. The molecule has 0 bridgehead atoms. The van der Waals surface area contributed by atoms with Crippen LogP contribution in [-0.4, -0.2) is 9.97 Å². The third-order valence-corrected chi connectivity index (χ3v) is 2.68.